The molecule has 3 N–H and O–H groups in total. The van der Waals surface area contributed by atoms with Crippen molar-refractivity contribution in [3.63, 3.8) is 0 Å². The van der Waals surface area contributed by atoms with Crippen molar-refractivity contribution < 1.29 is 19.2 Å². The lowest BCUT2D eigenvalue weighted by molar-refractivity contribution is -0.148. The summed E-state index contributed by atoms with van der Waals surface area (Å²) >= 11 is 0. The molecular weight excluding hydrogens is 506 g/mol. The molecular formula is C31H47N5O4. The first-order valence-electron chi connectivity index (χ1n) is 15.3. The first kappa shape index (κ1) is 30.0. The van der Waals surface area contributed by atoms with Crippen LogP contribution >= 0.6 is 0 Å². The zero-order valence-corrected chi connectivity index (χ0v) is 24.4. The van der Waals surface area contributed by atoms with E-state index in [0.717, 1.165) is 38.6 Å². The van der Waals surface area contributed by atoms with Crippen molar-refractivity contribution in [2.24, 2.45) is 5.92 Å². The van der Waals surface area contributed by atoms with Crippen LogP contribution in [0.5, 0.6) is 0 Å². The van der Waals surface area contributed by atoms with E-state index in [1.54, 1.807) is 4.90 Å². The molecule has 1 aromatic carbocycles. The number of carbonyl (C=O) groups is 4. The number of nitrogens with zero attached hydrogens (tertiary/aromatic N) is 2. The van der Waals surface area contributed by atoms with E-state index in [-0.39, 0.29) is 41.6 Å². The molecule has 0 radical (unpaired) electrons. The molecule has 0 unspecified atom stereocenters. The topological polar surface area (TPSA) is 111 Å². The number of rotatable bonds is 11. The van der Waals surface area contributed by atoms with Gasteiger partial charge in [0.15, 0.2) is 0 Å². The summed E-state index contributed by atoms with van der Waals surface area (Å²) < 4.78 is 0. The van der Waals surface area contributed by atoms with Crippen molar-refractivity contribution in [2.75, 3.05) is 26.2 Å². The molecule has 4 amide bonds. The molecule has 0 bridgehead atoms. The zero-order chi connectivity index (χ0) is 28.6. The third kappa shape index (κ3) is 7.42. The molecule has 4 rings (SSSR count). The smallest absolute Gasteiger partial charge is 0.245 e. The Morgan fingerprint density at radius 1 is 1.05 bits per heavy atom. The van der Waals surface area contributed by atoms with E-state index in [9.17, 15) is 19.2 Å². The quantitative estimate of drug-likeness (QED) is 0.365. The Morgan fingerprint density at radius 2 is 1.85 bits per heavy atom. The molecule has 2 aliphatic heterocycles. The number of benzene rings is 1. The van der Waals surface area contributed by atoms with E-state index >= 15 is 0 Å². The maximum atomic E-state index is 14.2. The zero-order valence-electron chi connectivity index (χ0n) is 24.4. The van der Waals surface area contributed by atoms with Gasteiger partial charge in [-0.25, -0.2) is 0 Å². The largest absolute Gasteiger partial charge is 0.356 e. The van der Waals surface area contributed by atoms with Gasteiger partial charge >= 0.3 is 0 Å². The molecule has 0 aromatic heterocycles. The number of carbonyl (C=O) groups excluding carboxylic acids is 4. The van der Waals surface area contributed by atoms with Crippen molar-refractivity contribution in [1.82, 2.24) is 25.8 Å². The highest BCUT2D eigenvalue weighted by Gasteiger charge is 2.44. The van der Waals surface area contributed by atoms with Crippen LogP contribution in [0.4, 0.5) is 0 Å². The summed E-state index contributed by atoms with van der Waals surface area (Å²) in [4.78, 5) is 56.3. The van der Waals surface area contributed by atoms with E-state index in [0.29, 0.717) is 45.3 Å². The lowest BCUT2D eigenvalue weighted by Crippen LogP contribution is -2.65. The predicted octanol–water partition coefficient (Wildman–Crippen LogP) is 2.69. The van der Waals surface area contributed by atoms with E-state index in [4.69, 9.17) is 0 Å². The van der Waals surface area contributed by atoms with Gasteiger partial charge in [-0.3, -0.25) is 24.1 Å². The van der Waals surface area contributed by atoms with Gasteiger partial charge in [0.1, 0.15) is 12.1 Å². The lowest BCUT2D eigenvalue weighted by Gasteiger charge is -2.44. The predicted molar refractivity (Wildman–Crippen MR) is 154 cm³/mol. The van der Waals surface area contributed by atoms with Gasteiger partial charge < -0.3 is 20.9 Å². The minimum absolute atomic E-state index is 0.0552. The van der Waals surface area contributed by atoms with Crippen LogP contribution in [0.1, 0.15) is 89.3 Å². The fraction of sp³-hybridized carbons (Fsp3) is 0.677. The van der Waals surface area contributed by atoms with E-state index in [2.05, 4.69) is 33.0 Å². The van der Waals surface area contributed by atoms with Crippen LogP contribution in [0.25, 0.3) is 0 Å². The second kappa shape index (κ2) is 14.1. The highest BCUT2D eigenvalue weighted by atomic mass is 16.2. The number of aryl methyl sites for hydroxylation is 1. The normalized spacial score (nSPS) is 23.9. The van der Waals surface area contributed by atoms with Gasteiger partial charge in [0.05, 0.1) is 6.04 Å². The summed E-state index contributed by atoms with van der Waals surface area (Å²) in [6.45, 7) is 7.80. The van der Waals surface area contributed by atoms with E-state index < -0.39 is 12.1 Å². The fourth-order valence-electron chi connectivity index (χ4n) is 6.35. The molecule has 2 saturated heterocycles. The maximum Gasteiger partial charge on any atom is 0.245 e. The number of hydrogen-bond acceptors (Lipinski definition) is 5. The van der Waals surface area contributed by atoms with Gasteiger partial charge in [-0.15, -0.1) is 0 Å². The molecule has 2 fully saturated rings. The summed E-state index contributed by atoms with van der Waals surface area (Å²) in [5.41, 5.74) is 2.45. The Kier molecular flexibility index (Phi) is 10.6. The Morgan fingerprint density at radius 3 is 2.62 bits per heavy atom. The molecule has 220 valence electrons. The van der Waals surface area contributed by atoms with Gasteiger partial charge in [0.2, 0.25) is 23.6 Å². The van der Waals surface area contributed by atoms with Crippen molar-refractivity contribution in [3.05, 3.63) is 35.4 Å². The van der Waals surface area contributed by atoms with Crippen LogP contribution in [-0.2, 0) is 25.6 Å². The second-order valence-corrected chi connectivity index (χ2v) is 11.8. The number of fused-ring (bicyclic) bond motifs is 2. The van der Waals surface area contributed by atoms with Crippen LogP contribution in [-0.4, -0.2) is 77.7 Å². The van der Waals surface area contributed by atoms with E-state index in [1.165, 1.54) is 18.1 Å². The SMILES string of the molecule is CC[C@@H](C)C(=O)N[C@@H](CCCCNC(C)=O)C(=O)N1C[C@H]2CCCN2C[C@H]1C(=O)N[C@@H]1CCCc2ccccc21. The summed E-state index contributed by atoms with van der Waals surface area (Å²) in [5, 5.41) is 9.11. The van der Waals surface area contributed by atoms with Crippen molar-refractivity contribution in [1.29, 1.82) is 0 Å². The van der Waals surface area contributed by atoms with Gasteiger partial charge in [0.25, 0.3) is 0 Å². The first-order chi connectivity index (χ1) is 19.3. The number of unbranched alkanes of at least 4 members (excludes halogenated alkanes) is 1. The Labute approximate surface area is 238 Å². The molecule has 2 heterocycles. The van der Waals surface area contributed by atoms with Crippen molar-refractivity contribution in [2.45, 2.75) is 103 Å². The van der Waals surface area contributed by atoms with Gasteiger partial charge in [-0.05, 0) is 75.5 Å². The average molecular weight is 554 g/mol. The van der Waals surface area contributed by atoms with E-state index in [1.807, 2.05) is 26.0 Å². The Bertz CT molecular complexity index is 1060. The second-order valence-electron chi connectivity index (χ2n) is 11.8. The summed E-state index contributed by atoms with van der Waals surface area (Å²) in [5.74, 6) is -0.708. The molecule has 5 atom stereocenters. The van der Waals surface area contributed by atoms with Gasteiger partial charge in [-0.2, -0.15) is 0 Å². The molecule has 9 heteroatoms. The molecule has 1 aromatic rings. The summed E-state index contributed by atoms with van der Waals surface area (Å²) in [6.07, 6.45) is 7.54. The fourth-order valence-corrected chi connectivity index (χ4v) is 6.35. The maximum absolute atomic E-state index is 14.2. The average Bonchev–Trinajstić information content (AvgIpc) is 3.42. The number of hydrogen-bond donors (Lipinski definition) is 3. The number of amides is 4. The highest BCUT2D eigenvalue weighted by Crippen LogP contribution is 2.31. The van der Waals surface area contributed by atoms with Crippen LogP contribution < -0.4 is 16.0 Å². The van der Waals surface area contributed by atoms with Crippen LogP contribution in [0.2, 0.25) is 0 Å². The molecule has 9 nitrogen and oxygen atoms in total. The molecule has 1 aliphatic carbocycles. The summed E-state index contributed by atoms with van der Waals surface area (Å²) in [7, 11) is 0. The number of piperazine rings is 1. The minimum atomic E-state index is -0.697. The van der Waals surface area contributed by atoms with Crippen LogP contribution in [0.3, 0.4) is 0 Å². The monoisotopic (exact) mass is 553 g/mol. The lowest BCUT2D eigenvalue weighted by atomic mass is 9.87. The third-order valence-electron chi connectivity index (χ3n) is 8.93. The minimum Gasteiger partial charge on any atom is -0.356 e. The van der Waals surface area contributed by atoms with Crippen LogP contribution in [0, 0.1) is 5.92 Å². The summed E-state index contributed by atoms with van der Waals surface area (Å²) in [6, 6.07) is 7.19. The standard InChI is InChI=1S/C31H47N5O4/c1-4-21(2)29(38)34-27(15-7-8-17-32-22(3)37)31(40)36-19-24-13-10-18-35(24)20-28(36)30(39)33-26-16-9-12-23-11-5-6-14-25(23)26/h5-6,11,14,21,24,26-28H,4,7-10,12-13,15-20H2,1-3H3,(H,32,37)(H,33,39)(H,34,38)/t21-,24-,26-,27+,28+/m1/s1. The molecule has 0 saturated carbocycles. The van der Waals surface area contributed by atoms with Gasteiger partial charge in [0, 0.05) is 38.5 Å². The van der Waals surface area contributed by atoms with Crippen molar-refractivity contribution in [3.8, 4) is 0 Å². The highest BCUT2D eigenvalue weighted by molar-refractivity contribution is 5.93. The number of nitrogens with one attached hydrogen (secondary N) is 3. The van der Waals surface area contributed by atoms with Gasteiger partial charge in [-0.1, -0.05) is 38.1 Å². The Balaban J connectivity index is 1.51. The Hall–Kier alpha value is -2.94. The van der Waals surface area contributed by atoms with Crippen LogP contribution in [0.15, 0.2) is 24.3 Å². The first-order valence-corrected chi connectivity index (χ1v) is 15.3. The molecule has 40 heavy (non-hydrogen) atoms. The molecule has 3 aliphatic rings. The van der Waals surface area contributed by atoms with Crippen molar-refractivity contribution >= 4 is 23.6 Å². The third-order valence-corrected chi connectivity index (χ3v) is 8.93. The molecule has 0 spiro atoms.